The SMILES string of the molecule is COc1ccc(Br)cc1C(=O)N/N=C\c1ccc(OC(C)=O)cc1. The lowest BCUT2D eigenvalue weighted by Crippen LogP contribution is -2.18. The topological polar surface area (TPSA) is 77.0 Å². The Hall–Kier alpha value is -2.67. The summed E-state index contributed by atoms with van der Waals surface area (Å²) in [5, 5.41) is 3.91. The average molecular weight is 391 g/mol. The first-order chi connectivity index (χ1) is 11.5. The second-order valence-corrected chi connectivity index (χ2v) is 5.62. The van der Waals surface area contributed by atoms with E-state index in [1.807, 2.05) is 0 Å². The normalized spacial score (nSPS) is 10.5. The quantitative estimate of drug-likeness (QED) is 0.368. The molecule has 0 aliphatic carbocycles. The van der Waals surface area contributed by atoms with E-state index >= 15 is 0 Å². The number of carbonyl (C=O) groups excluding carboxylic acids is 2. The predicted octanol–water partition coefficient (Wildman–Crippen LogP) is 3.15. The minimum atomic E-state index is -0.388. The Morgan fingerprint density at radius 2 is 1.88 bits per heavy atom. The van der Waals surface area contributed by atoms with Gasteiger partial charge in [-0.05, 0) is 48.0 Å². The zero-order valence-electron chi connectivity index (χ0n) is 13.1. The molecule has 0 aliphatic heterocycles. The van der Waals surface area contributed by atoms with Crippen LogP contribution in [0.15, 0.2) is 52.0 Å². The van der Waals surface area contributed by atoms with Crippen molar-refractivity contribution in [2.75, 3.05) is 7.11 Å². The third kappa shape index (κ3) is 4.92. The first kappa shape index (κ1) is 17.7. The van der Waals surface area contributed by atoms with Gasteiger partial charge in [0.15, 0.2) is 0 Å². The van der Waals surface area contributed by atoms with E-state index in [-0.39, 0.29) is 11.9 Å². The Morgan fingerprint density at radius 3 is 2.50 bits per heavy atom. The lowest BCUT2D eigenvalue weighted by Gasteiger charge is -2.07. The summed E-state index contributed by atoms with van der Waals surface area (Å²) in [6.07, 6.45) is 1.49. The van der Waals surface area contributed by atoms with Crippen LogP contribution >= 0.6 is 15.9 Å². The Bertz CT molecular complexity index is 773. The molecular weight excluding hydrogens is 376 g/mol. The molecule has 2 aromatic carbocycles. The van der Waals surface area contributed by atoms with Crippen LogP contribution in [0.25, 0.3) is 0 Å². The molecule has 0 radical (unpaired) electrons. The molecule has 0 atom stereocenters. The molecule has 0 bridgehead atoms. The van der Waals surface area contributed by atoms with Crippen LogP contribution in [0.1, 0.15) is 22.8 Å². The summed E-state index contributed by atoms with van der Waals surface area (Å²) in [6.45, 7) is 1.33. The van der Waals surface area contributed by atoms with Crippen molar-refractivity contribution in [2.45, 2.75) is 6.92 Å². The summed E-state index contributed by atoms with van der Waals surface area (Å²) in [7, 11) is 1.49. The van der Waals surface area contributed by atoms with Gasteiger partial charge in [0.2, 0.25) is 0 Å². The summed E-state index contributed by atoms with van der Waals surface area (Å²) in [5.41, 5.74) is 3.55. The highest BCUT2D eigenvalue weighted by molar-refractivity contribution is 9.10. The van der Waals surface area contributed by atoms with Gasteiger partial charge in [-0.1, -0.05) is 15.9 Å². The zero-order valence-corrected chi connectivity index (χ0v) is 14.7. The maximum atomic E-state index is 12.2. The van der Waals surface area contributed by atoms with Gasteiger partial charge in [-0.25, -0.2) is 5.43 Å². The summed E-state index contributed by atoms with van der Waals surface area (Å²) in [6, 6.07) is 11.8. The number of methoxy groups -OCH3 is 1. The van der Waals surface area contributed by atoms with Gasteiger partial charge in [-0.2, -0.15) is 5.10 Å². The van der Waals surface area contributed by atoms with Crippen LogP contribution in [0, 0.1) is 0 Å². The summed E-state index contributed by atoms with van der Waals surface area (Å²) in [4.78, 5) is 23.0. The number of halogens is 1. The van der Waals surface area contributed by atoms with Crippen molar-refractivity contribution in [2.24, 2.45) is 5.10 Å². The van der Waals surface area contributed by atoms with E-state index in [0.717, 1.165) is 10.0 Å². The minimum Gasteiger partial charge on any atom is -0.496 e. The van der Waals surface area contributed by atoms with Crippen molar-refractivity contribution in [3.63, 3.8) is 0 Å². The molecule has 0 spiro atoms. The lowest BCUT2D eigenvalue weighted by atomic mass is 10.2. The minimum absolute atomic E-state index is 0.370. The molecule has 1 N–H and O–H groups in total. The predicted molar refractivity (Wildman–Crippen MR) is 93.5 cm³/mol. The van der Waals surface area contributed by atoms with Crippen molar-refractivity contribution < 1.29 is 19.1 Å². The standard InChI is InChI=1S/C17H15BrN2O4/c1-11(21)24-14-6-3-12(4-7-14)10-19-20-17(22)15-9-13(18)5-8-16(15)23-2/h3-10H,1-2H3,(H,20,22)/b19-10-. The highest BCUT2D eigenvalue weighted by Crippen LogP contribution is 2.22. The molecule has 1 amide bonds. The van der Waals surface area contributed by atoms with Crippen LogP contribution in [-0.4, -0.2) is 25.2 Å². The van der Waals surface area contributed by atoms with Crippen LogP contribution in [0.3, 0.4) is 0 Å². The van der Waals surface area contributed by atoms with Gasteiger partial charge in [-0.3, -0.25) is 9.59 Å². The Kier molecular flexibility index (Phi) is 6.08. The van der Waals surface area contributed by atoms with E-state index in [2.05, 4.69) is 26.5 Å². The maximum absolute atomic E-state index is 12.2. The van der Waals surface area contributed by atoms with Crippen LogP contribution in [-0.2, 0) is 4.79 Å². The molecule has 124 valence electrons. The molecule has 0 fully saturated rings. The number of hydrogen-bond donors (Lipinski definition) is 1. The van der Waals surface area contributed by atoms with E-state index in [1.165, 1.54) is 20.2 Å². The number of hydrogen-bond acceptors (Lipinski definition) is 5. The number of hydrazone groups is 1. The molecule has 0 aliphatic rings. The van der Waals surface area contributed by atoms with Gasteiger partial charge in [0.05, 0.1) is 18.9 Å². The van der Waals surface area contributed by atoms with Crippen LogP contribution in [0.5, 0.6) is 11.5 Å². The van der Waals surface area contributed by atoms with Crippen molar-refractivity contribution in [1.29, 1.82) is 0 Å². The van der Waals surface area contributed by atoms with Gasteiger partial charge >= 0.3 is 5.97 Å². The fraction of sp³-hybridized carbons (Fsp3) is 0.118. The van der Waals surface area contributed by atoms with Crippen LogP contribution < -0.4 is 14.9 Å². The summed E-state index contributed by atoms with van der Waals surface area (Å²) in [5.74, 6) is 0.131. The first-order valence-electron chi connectivity index (χ1n) is 6.95. The number of nitrogens with zero attached hydrogens (tertiary/aromatic N) is 1. The summed E-state index contributed by atoms with van der Waals surface area (Å²) < 4.78 is 10.9. The molecule has 0 saturated carbocycles. The molecule has 2 rings (SSSR count). The van der Waals surface area contributed by atoms with Gasteiger partial charge < -0.3 is 9.47 Å². The van der Waals surface area contributed by atoms with Crippen molar-refractivity contribution in [1.82, 2.24) is 5.43 Å². The molecule has 0 heterocycles. The molecule has 7 heteroatoms. The van der Waals surface area contributed by atoms with Gasteiger partial charge in [0.1, 0.15) is 11.5 Å². The third-order valence-corrected chi connectivity index (χ3v) is 3.42. The lowest BCUT2D eigenvalue weighted by molar-refractivity contribution is -0.131. The van der Waals surface area contributed by atoms with Crippen molar-refractivity contribution in [3.8, 4) is 11.5 Å². The van der Waals surface area contributed by atoms with Crippen LogP contribution in [0.4, 0.5) is 0 Å². The number of nitrogens with one attached hydrogen (secondary N) is 1. The van der Waals surface area contributed by atoms with E-state index in [9.17, 15) is 9.59 Å². The fourth-order valence-electron chi connectivity index (χ4n) is 1.87. The maximum Gasteiger partial charge on any atom is 0.308 e. The highest BCUT2D eigenvalue weighted by atomic mass is 79.9. The average Bonchev–Trinajstić information content (AvgIpc) is 2.56. The largest absolute Gasteiger partial charge is 0.496 e. The van der Waals surface area contributed by atoms with E-state index in [1.54, 1.807) is 42.5 Å². The third-order valence-electron chi connectivity index (χ3n) is 2.93. The van der Waals surface area contributed by atoms with Gasteiger partial charge in [-0.15, -0.1) is 0 Å². The Morgan fingerprint density at radius 1 is 1.17 bits per heavy atom. The molecule has 0 saturated heterocycles. The summed E-state index contributed by atoms with van der Waals surface area (Å²) >= 11 is 3.31. The van der Waals surface area contributed by atoms with Gasteiger partial charge in [0, 0.05) is 11.4 Å². The number of amides is 1. The number of esters is 1. The first-order valence-corrected chi connectivity index (χ1v) is 7.74. The van der Waals surface area contributed by atoms with E-state index in [0.29, 0.717) is 17.1 Å². The fourth-order valence-corrected chi connectivity index (χ4v) is 2.23. The molecule has 2 aromatic rings. The molecular formula is C17H15BrN2O4. The van der Waals surface area contributed by atoms with Crippen LogP contribution in [0.2, 0.25) is 0 Å². The monoisotopic (exact) mass is 390 g/mol. The number of ether oxygens (including phenoxy) is 2. The highest BCUT2D eigenvalue weighted by Gasteiger charge is 2.11. The smallest absolute Gasteiger partial charge is 0.308 e. The number of rotatable bonds is 5. The second-order valence-electron chi connectivity index (χ2n) is 4.71. The molecule has 6 nitrogen and oxygen atoms in total. The number of benzene rings is 2. The van der Waals surface area contributed by atoms with E-state index < -0.39 is 0 Å². The second kappa shape index (κ2) is 8.26. The molecule has 0 unspecified atom stereocenters. The number of carbonyl (C=O) groups is 2. The molecule has 24 heavy (non-hydrogen) atoms. The van der Waals surface area contributed by atoms with Crippen molar-refractivity contribution >= 4 is 34.0 Å². The van der Waals surface area contributed by atoms with E-state index in [4.69, 9.17) is 9.47 Å². The van der Waals surface area contributed by atoms with Crippen molar-refractivity contribution in [3.05, 3.63) is 58.1 Å². The van der Waals surface area contributed by atoms with Gasteiger partial charge in [0.25, 0.3) is 5.91 Å². The Balaban J connectivity index is 2.02. The zero-order chi connectivity index (χ0) is 17.5. The molecule has 0 aromatic heterocycles. The Labute approximate surface area is 147 Å².